The maximum absolute atomic E-state index is 12.5. The first-order valence-corrected chi connectivity index (χ1v) is 7.74. The van der Waals surface area contributed by atoms with Crippen molar-refractivity contribution in [3.63, 3.8) is 0 Å². The van der Waals surface area contributed by atoms with E-state index in [1.165, 1.54) is 5.56 Å². The zero-order valence-electron chi connectivity index (χ0n) is 14.1. The molecule has 0 unspecified atom stereocenters. The van der Waals surface area contributed by atoms with Gasteiger partial charge in [0.25, 0.3) is 0 Å². The molecule has 0 heterocycles. The first kappa shape index (κ1) is 17.7. The van der Waals surface area contributed by atoms with E-state index in [0.29, 0.717) is 0 Å². The Balaban J connectivity index is 2.40. The molecule has 21 heavy (non-hydrogen) atoms. The number of rotatable bonds is 7. The Hall–Kier alpha value is -1.35. The molecule has 0 radical (unpaired) electrons. The number of nitrogens with two attached hydrogens (primary N) is 1. The van der Waals surface area contributed by atoms with Gasteiger partial charge < -0.3 is 10.6 Å². The number of benzene rings is 1. The summed E-state index contributed by atoms with van der Waals surface area (Å²) >= 11 is 0. The van der Waals surface area contributed by atoms with E-state index < -0.39 is 11.0 Å². The molecule has 3 nitrogen and oxygen atoms in total. The molecule has 1 amide bonds. The number of nitrogens with zero attached hydrogens (tertiary/aromatic N) is 1. The molecule has 3 heteroatoms. The summed E-state index contributed by atoms with van der Waals surface area (Å²) in [5, 5.41) is 0. The van der Waals surface area contributed by atoms with Gasteiger partial charge in [-0.25, -0.2) is 0 Å². The Kier molecular flexibility index (Phi) is 5.97. The molecule has 0 aromatic heterocycles. The van der Waals surface area contributed by atoms with Crippen molar-refractivity contribution in [2.45, 2.75) is 52.5 Å². The second kappa shape index (κ2) is 7.08. The third kappa shape index (κ3) is 4.85. The number of carbonyl (C=O) groups is 1. The second-order valence-electron chi connectivity index (χ2n) is 7.02. The normalized spacial score (nSPS) is 12.3. The molecule has 0 saturated carbocycles. The molecular weight excluding hydrogens is 260 g/mol. The molecule has 1 aromatic rings. The summed E-state index contributed by atoms with van der Waals surface area (Å²) in [7, 11) is 1.87. The maximum atomic E-state index is 12.5. The van der Waals surface area contributed by atoms with Gasteiger partial charge in [0.1, 0.15) is 0 Å². The third-order valence-electron chi connectivity index (χ3n) is 4.54. The number of unbranched alkanes of at least 4 members (excludes halogenated alkanes) is 1. The van der Waals surface area contributed by atoms with Crippen LogP contribution in [0.1, 0.15) is 46.1 Å². The van der Waals surface area contributed by atoms with Crippen LogP contribution in [-0.2, 0) is 11.2 Å². The Morgan fingerprint density at radius 1 is 1.10 bits per heavy atom. The Labute approximate surface area is 129 Å². The van der Waals surface area contributed by atoms with Gasteiger partial charge in [-0.05, 0) is 52.5 Å². The van der Waals surface area contributed by atoms with Crippen molar-refractivity contribution < 1.29 is 4.79 Å². The molecule has 1 rings (SSSR count). The number of hydrogen-bond acceptors (Lipinski definition) is 2. The van der Waals surface area contributed by atoms with E-state index in [9.17, 15) is 4.79 Å². The fourth-order valence-corrected chi connectivity index (χ4v) is 2.18. The minimum absolute atomic E-state index is 0.120. The van der Waals surface area contributed by atoms with Crippen molar-refractivity contribution in [2.75, 3.05) is 13.6 Å². The van der Waals surface area contributed by atoms with Crippen molar-refractivity contribution in [3.8, 4) is 0 Å². The van der Waals surface area contributed by atoms with Crippen LogP contribution in [0.3, 0.4) is 0 Å². The van der Waals surface area contributed by atoms with Crippen LogP contribution in [0.4, 0.5) is 0 Å². The van der Waals surface area contributed by atoms with E-state index >= 15 is 0 Å². The fraction of sp³-hybridized carbons (Fsp3) is 0.611. The van der Waals surface area contributed by atoms with E-state index in [-0.39, 0.29) is 5.91 Å². The molecular formula is C18H30N2O. The summed E-state index contributed by atoms with van der Waals surface area (Å²) in [5.74, 6) is 0.120. The monoisotopic (exact) mass is 290 g/mol. The summed E-state index contributed by atoms with van der Waals surface area (Å²) < 4.78 is 0. The topological polar surface area (TPSA) is 46.3 Å². The van der Waals surface area contributed by atoms with E-state index in [0.717, 1.165) is 25.8 Å². The first-order chi connectivity index (χ1) is 9.66. The lowest BCUT2D eigenvalue weighted by molar-refractivity contribution is -0.142. The SMILES string of the molecule is CN(CCCCc1ccccc1)C(=O)C(C)(C)C(C)(C)N. The van der Waals surface area contributed by atoms with Gasteiger partial charge in [-0.2, -0.15) is 0 Å². The lowest BCUT2D eigenvalue weighted by atomic mass is 9.74. The van der Waals surface area contributed by atoms with E-state index in [2.05, 4.69) is 24.3 Å². The van der Waals surface area contributed by atoms with Gasteiger partial charge in [0.05, 0.1) is 5.41 Å². The largest absolute Gasteiger partial charge is 0.345 e. The average molecular weight is 290 g/mol. The molecule has 0 fully saturated rings. The summed E-state index contributed by atoms with van der Waals surface area (Å²) in [5.41, 5.74) is 6.41. The molecule has 0 aliphatic carbocycles. The highest BCUT2D eigenvalue weighted by Crippen LogP contribution is 2.30. The van der Waals surface area contributed by atoms with Crippen molar-refractivity contribution in [3.05, 3.63) is 35.9 Å². The predicted molar refractivity (Wildman–Crippen MR) is 89.1 cm³/mol. The van der Waals surface area contributed by atoms with Crippen molar-refractivity contribution >= 4 is 5.91 Å². The lowest BCUT2D eigenvalue weighted by Crippen LogP contribution is -2.55. The molecule has 0 aliphatic rings. The number of amides is 1. The third-order valence-corrected chi connectivity index (χ3v) is 4.54. The standard InChI is InChI=1S/C18H30N2O/c1-17(2,18(3,4)19)16(21)20(5)14-10-9-13-15-11-7-6-8-12-15/h6-8,11-12H,9-10,13-14,19H2,1-5H3. The number of carbonyl (C=O) groups excluding carboxylic acids is 1. The van der Waals surface area contributed by atoms with Crippen LogP contribution >= 0.6 is 0 Å². The fourth-order valence-electron chi connectivity index (χ4n) is 2.18. The van der Waals surface area contributed by atoms with Crippen LogP contribution in [-0.4, -0.2) is 29.9 Å². The van der Waals surface area contributed by atoms with Crippen molar-refractivity contribution in [1.29, 1.82) is 0 Å². The molecule has 0 saturated heterocycles. The highest BCUT2D eigenvalue weighted by molar-refractivity contribution is 5.83. The van der Waals surface area contributed by atoms with E-state index in [1.807, 2.05) is 45.7 Å². The average Bonchev–Trinajstić information content (AvgIpc) is 2.42. The minimum Gasteiger partial charge on any atom is -0.345 e. The van der Waals surface area contributed by atoms with E-state index in [4.69, 9.17) is 5.73 Å². The van der Waals surface area contributed by atoms with Crippen LogP contribution < -0.4 is 5.73 Å². The minimum atomic E-state index is -0.554. The van der Waals surface area contributed by atoms with Gasteiger partial charge in [0, 0.05) is 19.1 Å². The van der Waals surface area contributed by atoms with Gasteiger partial charge in [0.15, 0.2) is 0 Å². The van der Waals surface area contributed by atoms with Crippen LogP contribution in [0.25, 0.3) is 0 Å². The highest BCUT2D eigenvalue weighted by atomic mass is 16.2. The summed E-state index contributed by atoms with van der Waals surface area (Å²) in [6.45, 7) is 8.46. The van der Waals surface area contributed by atoms with Crippen molar-refractivity contribution in [1.82, 2.24) is 4.90 Å². The lowest BCUT2D eigenvalue weighted by Gasteiger charge is -2.39. The van der Waals surface area contributed by atoms with Crippen LogP contribution in [0.15, 0.2) is 30.3 Å². The molecule has 0 atom stereocenters. The number of hydrogen-bond donors (Lipinski definition) is 1. The maximum Gasteiger partial charge on any atom is 0.229 e. The second-order valence-corrected chi connectivity index (χ2v) is 7.02. The van der Waals surface area contributed by atoms with Crippen LogP contribution in [0.2, 0.25) is 0 Å². The smallest absolute Gasteiger partial charge is 0.229 e. The Morgan fingerprint density at radius 2 is 1.67 bits per heavy atom. The van der Waals surface area contributed by atoms with Gasteiger partial charge in [0.2, 0.25) is 5.91 Å². The highest BCUT2D eigenvalue weighted by Gasteiger charge is 2.41. The van der Waals surface area contributed by atoms with E-state index in [1.54, 1.807) is 0 Å². The summed E-state index contributed by atoms with van der Waals surface area (Å²) in [6, 6.07) is 10.5. The van der Waals surface area contributed by atoms with Crippen LogP contribution in [0.5, 0.6) is 0 Å². The van der Waals surface area contributed by atoms with Gasteiger partial charge >= 0.3 is 0 Å². The Morgan fingerprint density at radius 3 is 2.19 bits per heavy atom. The summed E-state index contributed by atoms with van der Waals surface area (Å²) in [6.07, 6.45) is 3.17. The first-order valence-electron chi connectivity index (χ1n) is 7.74. The molecule has 0 bridgehead atoms. The zero-order chi connectivity index (χ0) is 16.1. The van der Waals surface area contributed by atoms with Crippen LogP contribution in [0, 0.1) is 5.41 Å². The zero-order valence-corrected chi connectivity index (χ0v) is 14.1. The Bertz CT molecular complexity index is 446. The van der Waals surface area contributed by atoms with Gasteiger partial charge in [-0.3, -0.25) is 4.79 Å². The van der Waals surface area contributed by atoms with Gasteiger partial charge in [-0.1, -0.05) is 30.3 Å². The molecule has 2 N–H and O–H groups in total. The van der Waals surface area contributed by atoms with Crippen molar-refractivity contribution in [2.24, 2.45) is 11.1 Å². The summed E-state index contributed by atoms with van der Waals surface area (Å²) in [4.78, 5) is 14.3. The molecule has 0 spiro atoms. The number of aryl methyl sites for hydroxylation is 1. The molecule has 118 valence electrons. The molecule has 0 aliphatic heterocycles. The predicted octanol–water partition coefficient (Wildman–Crippen LogP) is 3.23. The molecule has 1 aromatic carbocycles. The quantitative estimate of drug-likeness (QED) is 0.784. The van der Waals surface area contributed by atoms with Gasteiger partial charge in [-0.15, -0.1) is 0 Å².